The summed E-state index contributed by atoms with van der Waals surface area (Å²) in [5.41, 5.74) is 8.41. The Balaban J connectivity index is 1.69. The van der Waals surface area contributed by atoms with Crippen molar-refractivity contribution in [2.75, 3.05) is 37.8 Å². The zero-order valence-corrected chi connectivity index (χ0v) is 19.2. The highest BCUT2D eigenvalue weighted by atomic mass is 19.4. The first-order valence-corrected chi connectivity index (χ1v) is 10.9. The number of aryl methyl sites for hydroxylation is 1. The molecule has 1 fully saturated rings. The lowest BCUT2D eigenvalue weighted by Gasteiger charge is -2.29. The molecule has 0 bridgehead atoms. The predicted octanol–water partition coefficient (Wildman–Crippen LogP) is 3.53. The highest BCUT2D eigenvalue weighted by molar-refractivity contribution is 5.99. The van der Waals surface area contributed by atoms with Crippen molar-refractivity contribution in [2.24, 2.45) is 10.7 Å². The van der Waals surface area contributed by atoms with Gasteiger partial charge in [-0.3, -0.25) is 0 Å². The van der Waals surface area contributed by atoms with Crippen LogP contribution in [0.2, 0.25) is 0 Å². The molecule has 2 N–H and O–H groups in total. The van der Waals surface area contributed by atoms with Crippen LogP contribution in [-0.2, 0) is 10.9 Å². The van der Waals surface area contributed by atoms with Crippen LogP contribution in [0.15, 0.2) is 41.5 Å². The second-order valence-corrected chi connectivity index (χ2v) is 7.78. The molecule has 0 aliphatic carbocycles. The van der Waals surface area contributed by atoms with Crippen LogP contribution in [-0.4, -0.2) is 59.1 Å². The molecule has 12 heteroatoms. The van der Waals surface area contributed by atoms with Gasteiger partial charge in [0, 0.05) is 24.2 Å². The molecule has 2 aromatic heterocycles. The molecule has 184 valence electrons. The van der Waals surface area contributed by atoms with Gasteiger partial charge in [0.05, 0.1) is 37.4 Å². The molecule has 0 unspecified atom stereocenters. The Kier molecular flexibility index (Phi) is 7.10. The Hall–Kier alpha value is -3.80. The van der Waals surface area contributed by atoms with Gasteiger partial charge in [0.25, 0.3) is 5.88 Å². The highest BCUT2D eigenvalue weighted by Gasteiger charge is 2.33. The average molecular weight is 487 g/mol. The fourth-order valence-electron chi connectivity index (χ4n) is 3.58. The van der Waals surface area contributed by atoms with Gasteiger partial charge in [-0.2, -0.15) is 18.3 Å². The molecule has 3 aromatic rings. The van der Waals surface area contributed by atoms with Crippen LogP contribution < -0.4 is 15.4 Å². The van der Waals surface area contributed by atoms with Crippen LogP contribution in [0, 0.1) is 6.92 Å². The van der Waals surface area contributed by atoms with Gasteiger partial charge in [-0.15, -0.1) is 15.3 Å². The molecule has 4 rings (SSSR count). The topological polar surface area (TPSA) is 112 Å². The van der Waals surface area contributed by atoms with Gasteiger partial charge in [0.1, 0.15) is 11.5 Å². The standard InChI is InChI=1S/C23H24F3N7O2/c1-3-35-22-19(33-6-8-34-9-7-33)12-18(30-32-22)17-11-16(5-4-14(17)2)29-21(27)15-10-20(23(24,25)26)31-28-13-15/h4-5,10-13H,3,6-9H2,1-2H3,(H2,27,29). The van der Waals surface area contributed by atoms with E-state index in [1.54, 1.807) is 12.1 Å². The van der Waals surface area contributed by atoms with Gasteiger partial charge < -0.3 is 20.1 Å². The van der Waals surface area contributed by atoms with E-state index in [9.17, 15) is 13.2 Å². The first-order chi connectivity index (χ1) is 16.8. The number of nitrogens with two attached hydrogens (primary N) is 1. The molecular weight excluding hydrogens is 463 g/mol. The molecule has 1 aliphatic heterocycles. The first-order valence-electron chi connectivity index (χ1n) is 10.9. The summed E-state index contributed by atoms with van der Waals surface area (Å²) in [6, 6.07) is 8.03. The van der Waals surface area contributed by atoms with E-state index in [2.05, 4.69) is 30.3 Å². The molecule has 3 heterocycles. The van der Waals surface area contributed by atoms with Gasteiger partial charge >= 0.3 is 6.18 Å². The van der Waals surface area contributed by atoms with Crippen molar-refractivity contribution < 1.29 is 22.6 Å². The predicted molar refractivity (Wildman–Crippen MR) is 124 cm³/mol. The van der Waals surface area contributed by atoms with E-state index >= 15 is 0 Å². The normalized spacial score (nSPS) is 14.8. The van der Waals surface area contributed by atoms with Crippen LogP contribution >= 0.6 is 0 Å². The van der Waals surface area contributed by atoms with Crippen molar-refractivity contribution in [3.8, 4) is 17.1 Å². The zero-order chi connectivity index (χ0) is 25.0. The van der Waals surface area contributed by atoms with Crippen LogP contribution in [0.4, 0.5) is 24.5 Å². The number of anilines is 1. The summed E-state index contributed by atoms with van der Waals surface area (Å²) in [6.45, 7) is 6.85. The SMILES string of the molecule is CCOc1nnc(-c2cc(N=C(N)c3cnnc(C(F)(F)F)c3)ccc2C)cc1N1CCOCC1. The molecule has 1 saturated heterocycles. The third kappa shape index (κ3) is 5.65. The number of nitrogens with zero attached hydrogens (tertiary/aromatic N) is 6. The van der Waals surface area contributed by atoms with Crippen molar-refractivity contribution in [1.29, 1.82) is 0 Å². The van der Waals surface area contributed by atoms with Gasteiger partial charge in [-0.25, -0.2) is 4.99 Å². The van der Waals surface area contributed by atoms with E-state index in [1.807, 2.05) is 26.0 Å². The number of hydrogen-bond donors (Lipinski definition) is 1. The van der Waals surface area contributed by atoms with Crippen molar-refractivity contribution in [3.63, 3.8) is 0 Å². The summed E-state index contributed by atoms with van der Waals surface area (Å²) in [4.78, 5) is 6.43. The molecule has 0 radical (unpaired) electrons. The average Bonchev–Trinajstić information content (AvgIpc) is 2.86. The number of morpholine rings is 1. The molecule has 35 heavy (non-hydrogen) atoms. The van der Waals surface area contributed by atoms with Crippen molar-refractivity contribution in [1.82, 2.24) is 20.4 Å². The number of hydrogen-bond acceptors (Lipinski definition) is 8. The molecule has 0 atom stereocenters. The highest BCUT2D eigenvalue weighted by Crippen LogP contribution is 2.33. The number of rotatable bonds is 6. The molecule has 0 amide bonds. The van der Waals surface area contributed by atoms with Gasteiger partial charge in [0.2, 0.25) is 0 Å². The first kappa shape index (κ1) is 24.3. The Morgan fingerprint density at radius 1 is 1.14 bits per heavy atom. The summed E-state index contributed by atoms with van der Waals surface area (Å²) in [5, 5.41) is 15.1. The Morgan fingerprint density at radius 3 is 2.63 bits per heavy atom. The molecule has 0 spiro atoms. The molecule has 1 aromatic carbocycles. The van der Waals surface area contributed by atoms with Gasteiger partial charge in [-0.05, 0) is 43.7 Å². The number of alkyl halides is 3. The largest absolute Gasteiger partial charge is 0.475 e. The minimum atomic E-state index is -4.63. The second kappa shape index (κ2) is 10.2. The monoisotopic (exact) mass is 487 g/mol. The third-order valence-electron chi connectivity index (χ3n) is 5.36. The minimum absolute atomic E-state index is 0.0184. The van der Waals surface area contributed by atoms with Crippen LogP contribution in [0.3, 0.4) is 0 Å². The van der Waals surface area contributed by atoms with E-state index in [4.69, 9.17) is 15.2 Å². The van der Waals surface area contributed by atoms with E-state index < -0.39 is 11.9 Å². The maximum Gasteiger partial charge on any atom is 0.435 e. The number of benzene rings is 1. The van der Waals surface area contributed by atoms with Crippen molar-refractivity contribution in [3.05, 3.63) is 53.3 Å². The molecule has 0 saturated carbocycles. The lowest BCUT2D eigenvalue weighted by Crippen LogP contribution is -2.36. The lowest BCUT2D eigenvalue weighted by atomic mass is 10.0. The fourth-order valence-corrected chi connectivity index (χ4v) is 3.58. The molecule has 9 nitrogen and oxygen atoms in total. The van der Waals surface area contributed by atoms with E-state index in [-0.39, 0.29) is 11.4 Å². The summed E-state index contributed by atoms with van der Waals surface area (Å²) >= 11 is 0. The zero-order valence-electron chi connectivity index (χ0n) is 19.2. The lowest BCUT2D eigenvalue weighted by molar-refractivity contribution is -0.141. The van der Waals surface area contributed by atoms with Crippen molar-refractivity contribution >= 4 is 17.2 Å². The summed E-state index contributed by atoms with van der Waals surface area (Å²) < 4.78 is 50.1. The summed E-state index contributed by atoms with van der Waals surface area (Å²) in [5.74, 6) is 0.326. The van der Waals surface area contributed by atoms with Crippen molar-refractivity contribution in [2.45, 2.75) is 20.0 Å². The Bertz CT molecular complexity index is 1230. The minimum Gasteiger partial charge on any atom is -0.475 e. The quantitative estimate of drug-likeness (QED) is 0.415. The molecular formula is C23H24F3N7O2. The number of aliphatic imine (C=N–C) groups is 1. The van der Waals surface area contributed by atoms with E-state index in [0.29, 0.717) is 50.2 Å². The number of halogens is 3. The van der Waals surface area contributed by atoms with Gasteiger partial charge in [0.15, 0.2) is 5.69 Å². The number of amidine groups is 1. The van der Waals surface area contributed by atoms with E-state index in [0.717, 1.165) is 29.1 Å². The number of aromatic nitrogens is 4. The number of ether oxygens (including phenoxy) is 2. The van der Waals surface area contributed by atoms with Crippen LogP contribution in [0.25, 0.3) is 11.3 Å². The van der Waals surface area contributed by atoms with Crippen LogP contribution in [0.5, 0.6) is 5.88 Å². The summed E-state index contributed by atoms with van der Waals surface area (Å²) in [7, 11) is 0. The van der Waals surface area contributed by atoms with Gasteiger partial charge in [-0.1, -0.05) is 6.07 Å². The maximum absolute atomic E-state index is 13.0. The van der Waals surface area contributed by atoms with Crippen LogP contribution in [0.1, 0.15) is 23.7 Å². The Morgan fingerprint density at radius 2 is 1.91 bits per heavy atom. The third-order valence-corrected chi connectivity index (χ3v) is 5.36. The second-order valence-electron chi connectivity index (χ2n) is 7.78. The van der Waals surface area contributed by atoms with E-state index in [1.165, 1.54) is 0 Å². The smallest absolute Gasteiger partial charge is 0.435 e. The maximum atomic E-state index is 13.0. The molecule has 1 aliphatic rings. The Labute approximate surface area is 199 Å². The fraction of sp³-hybridized carbons (Fsp3) is 0.348. The summed E-state index contributed by atoms with van der Waals surface area (Å²) in [6.07, 6.45) is -3.50.